The first-order chi connectivity index (χ1) is 13.7. The Hall–Kier alpha value is -3.07. The van der Waals surface area contributed by atoms with Crippen molar-refractivity contribution in [1.29, 1.82) is 0 Å². The van der Waals surface area contributed by atoms with Crippen LogP contribution in [0.2, 0.25) is 0 Å². The Morgan fingerprint density at radius 3 is 2.52 bits per heavy atom. The molecule has 0 saturated heterocycles. The Kier molecular flexibility index (Phi) is 5.78. The lowest BCUT2D eigenvalue weighted by Gasteiger charge is -2.30. The van der Waals surface area contributed by atoms with Crippen LogP contribution in [0.4, 0.5) is 17.3 Å². The van der Waals surface area contributed by atoms with Crippen LogP contribution in [0.15, 0.2) is 41.0 Å². The van der Waals surface area contributed by atoms with E-state index in [4.69, 9.17) is 4.42 Å². The van der Waals surface area contributed by atoms with Gasteiger partial charge in [0.15, 0.2) is 17.4 Å². The second kappa shape index (κ2) is 8.12. The van der Waals surface area contributed by atoms with E-state index in [1.807, 2.05) is 12.1 Å². The maximum absolute atomic E-state index is 12.3. The number of carbonyl (C=O) groups is 1. The molecule has 8 nitrogen and oxygen atoms in total. The molecule has 29 heavy (non-hydrogen) atoms. The normalized spacial score (nSPS) is 12.4. The summed E-state index contributed by atoms with van der Waals surface area (Å²) in [4.78, 5) is 13.7. The Morgan fingerprint density at radius 1 is 1.17 bits per heavy atom. The number of nitrogens with one attached hydrogen (secondary N) is 2. The average Bonchev–Trinajstić information content (AvgIpc) is 3.31. The average molecular weight is 416 g/mol. The fourth-order valence-corrected chi connectivity index (χ4v) is 3.33. The van der Waals surface area contributed by atoms with Crippen LogP contribution in [0.25, 0.3) is 0 Å². The third-order valence-electron chi connectivity index (χ3n) is 4.39. The molecule has 3 rings (SSSR count). The number of amides is 1. The van der Waals surface area contributed by atoms with Gasteiger partial charge in [-0.3, -0.25) is 4.79 Å². The lowest BCUT2D eigenvalue weighted by atomic mass is 9.85. The van der Waals surface area contributed by atoms with Gasteiger partial charge in [-0.25, -0.2) is 0 Å². The maximum atomic E-state index is 12.3. The van der Waals surface area contributed by atoms with E-state index in [9.17, 15) is 9.90 Å². The van der Waals surface area contributed by atoms with Gasteiger partial charge in [0.1, 0.15) is 5.76 Å². The zero-order valence-corrected chi connectivity index (χ0v) is 17.9. The van der Waals surface area contributed by atoms with Gasteiger partial charge in [0, 0.05) is 14.1 Å². The Bertz CT molecular complexity index is 976. The van der Waals surface area contributed by atoms with E-state index in [2.05, 4.69) is 40.2 Å². The third-order valence-corrected chi connectivity index (χ3v) is 4.92. The van der Waals surface area contributed by atoms with E-state index in [0.29, 0.717) is 17.3 Å². The lowest BCUT2D eigenvalue weighted by molar-refractivity contribution is 0.0824. The maximum Gasteiger partial charge on any atom is 0.257 e. The van der Waals surface area contributed by atoms with Crippen LogP contribution < -0.4 is 10.6 Å². The summed E-state index contributed by atoms with van der Waals surface area (Å²) < 4.78 is 14.3. The molecule has 0 aliphatic heterocycles. The van der Waals surface area contributed by atoms with Crippen molar-refractivity contribution in [2.24, 2.45) is 5.41 Å². The largest absolute Gasteiger partial charge is 0.505 e. The molecule has 1 atom stereocenters. The number of nitrogens with zero attached hydrogens (tertiary/aromatic N) is 3. The minimum atomic E-state index is -0.286. The fraction of sp³-hybridized carbons (Fsp3) is 0.350. The number of carbonyl (C=O) groups excluding carboxylic acids is 1. The summed E-state index contributed by atoms with van der Waals surface area (Å²) in [7, 11) is 3.27. The van der Waals surface area contributed by atoms with E-state index in [0.717, 1.165) is 17.5 Å². The molecule has 154 valence electrons. The van der Waals surface area contributed by atoms with Gasteiger partial charge in [-0.1, -0.05) is 26.8 Å². The molecule has 0 bridgehead atoms. The standard InChI is InChI=1S/C20H25N5O3S/c1-20(2,3)16(14-10-7-11-28-14)22-18-17(23-29-24-18)21-13-9-6-8-12(15(13)26)19(27)25(4)5/h6-11,16,26H,1-5H3,(H,21,23)(H,22,24)/t16-/m0/s1. The van der Waals surface area contributed by atoms with E-state index in [1.165, 1.54) is 4.90 Å². The topological polar surface area (TPSA) is 104 Å². The molecule has 2 heterocycles. The number of hydrogen-bond acceptors (Lipinski definition) is 8. The van der Waals surface area contributed by atoms with Gasteiger partial charge in [0.2, 0.25) is 0 Å². The first kappa shape index (κ1) is 20.7. The minimum absolute atomic E-state index is 0.136. The highest BCUT2D eigenvalue weighted by Crippen LogP contribution is 2.38. The second-order valence-electron chi connectivity index (χ2n) is 7.95. The summed E-state index contributed by atoms with van der Waals surface area (Å²) in [5.74, 6) is 1.36. The summed E-state index contributed by atoms with van der Waals surface area (Å²) in [5, 5.41) is 17.0. The van der Waals surface area contributed by atoms with Crippen LogP contribution in [-0.2, 0) is 0 Å². The van der Waals surface area contributed by atoms with Gasteiger partial charge in [-0.15, -0.1) is 0 Å². The fourth-order valence-electron chi connectivity index (χ4n) is 2.86. The smallest absolute Gasteiger partial charge is 0.257 e. The van der Waals surface area contributed by atoms with Crippen LogP contribution in [0.5, 0.6) is 5.75 Å². The molecule has 2 aromatic heterocycles. The van der Waals surface area contributed by atoms with Gasteiger partial charge in [0.05, 0.1) is 35.3 Å². The van der Waals surface area contributed by atoms with Gasteiger partial charge in [-0.2, -0.15) is 8.75 Å². The number of hydrogen-bond donors (Lipinski definition) is 3. The molecule has 0 aliphatic rings. The number of rotatable bonds is 6. The summed E-state index contributed by atoms with van der Waals surface area (Å²) in [5.41, 5.74) is 0.429. The molecule has 3 N–H and O–H groups in total. The van der Waals surface area contributed by atoms with Crippen LogP contribution >= 0.6 is 11.7 Å². The molecule has 0 aliphatic carbocycles. The van der Waals surface area contributed by atoms with Gasteiger partial charge < -0.3 is 25.1 Å². The summed E-state index contributed by atoms with van der Waals surface area (Å²) >= 11 is 1.04. The number of anilines is 3. The summed E-state index contributed by atoms with van der Waals surface area (Å²) in [6.45, 7) is 6.30. The van der Waals surface area contributed by atoms with Gasteiger partial charge in [0.25, 0.3) is 5.91 Å². The predicted octanol–water partition coefficient (Wildman–Crippen LogP) is 4.48. The molecule has 1 aromatic carbocycles. The Morgan fingerprint density at radius 2 is 1.90 bits per heavy atom. The highest BCUT2D eigenvalue weighted by Gasteiger charge is 2.30. The van der Waals surface area contributed by atoms with Crippen molar-refractivity contribution < 1.29 is 14.3 Å². The van der Waals surface area contributed by atoms with E-state index in [-0.39, 0.29) is 28.7 Å². The second-order valence-corrected chi connectivity index (χ2v) is 8.48. The number of aromatic nitrogens is 2. The highest BCUT2D eigenvalue weighted by atomic mass is 32.1. The number of phenolic OH excluding ortho intramolecular Hbond substituents is 1. The molecule has 3 aromatic rings. The minimum Gasteiger partial charge on any atom is -0.505 e. The zero-order chi connectivity index (χ0) is 21.2. The summed E-state index contributed by atoms with van der Waals surface area (Å²) in [6, 6.07) is 8.58. The van der Waals surface area contributed by atoms with Gasteiger partial charge >= 0.3 is 0 Å². The van der Waals surface area contributed by atoms with Crippen molar-refractivity contribution in [3.8, 4) is 5.75 Å². The molecule has 0 spiro atoms. The van der Waals surface area contributed by atoms with Crippen LogP contribution in [0, 0.1) is 5.41 Å². The van der Waals surface area contributed by atoms with E-state index < -0.39 is 0 Å². The number of phenols is 1. The van der Waals surface area contributed by atoms with Crippen LogP contribution in [-0.4, -0.2) is 38.8 Å². The molecular formula is C20H25N5O3S. The number of para-hydroxylation sites is 1. The third kappa shape index (κ3) is 4.51. The number of benzene rings is 1. The monoisotopic (exact) mass is 415 g/mol. The van der Waals surface area contributed by atoms with Crippen molar-refractivity contribution in [3.05, 3.63) is 47.9 Å². The molecule has 0 fully saturated rings. The molecule has 0 radical (unpaired) electrons. The number of aromatic hydroxyl groups is 1. The molecule has 0 unspecified atom stereocenters. The molecule has 1 amide bonds. The molecule has 9 heteroatoms. The molecular weight excluding hydrogens is 390 g/mol. The van der Waals surface area contributed by atoms with Crippen molar-refractivity contribution in [2.45, 2.75) is 26.8 Å². The predicted molar refractivity (Wildman–Crippen MR) is 114 cm³/mol. The van der Waals surface area contributed by atoms with Crippen LogP contribution in [0.1, 0.15) is 42.9 Å². The van der Waals surface area contributed by atoms with Crippen molar-refractivity contribution in [1.82, 2.24) is 13.6 Å². The summed E-state index contributed by atoms with van der Waals surface area (Å²) in [6.07, 6.45) is 1.64. The quantitative estimate of drug-likeness (QED) is 0.510. The Labute approximate surface area is 173 Å². The Balaban J connectivity index is 1.88. The van der Waals surface area contributed by atoms with E-state index in [1.54, 1.807) is 38.6 Å². The SMILES string of the molecule is CN(C)C(=O)c1cccc(Nc2nsnc2N[C@@H](c2ccco2)C(C)(C)C)c1O. The van der Waals surface area contributed by atoms with Crippen LogP contribution in [0.3, 0.4) is 0 Å². The molecule has 0 saturated carbocycles. The van der Waals surface area contributed by atoms with E-state index >= 15 is 0 Å². The first-order valence-corrected chi connectivity index (χ1v) is 9.84. The first-order valence-electron chi connectivity index (χ1n) is 9.11. The van der Waals surface area contributed by atoms with Gasteiger partial charge in [-0.05, 0) is 29.7 Å². The lowest BCUT2D eigenvalue weighted by Crippen LogP contribution is -2.25. The zero-order valence-electron chi connectivity index (χ0n) is 17.1. The van der Waals surface area contributed by atoms with Crippen molar-refractivity contribution in [3.63, 3.8) is 0 Å². The highest BCUT2D eigenvalue weighted by molar-refractivity contribution is 6.99. The van der Waals surface area contributed by atoms with Crippen molar-refractivity contribution >= 4 is 35.0 Å². The number of furan rings is 1. The van der Waals surface area contributed by atoms with Crippen molar-refractivity contribution in [2.75, 3.05) is 24.7 Å².